The summed E-state index contributed by atoms with van der Waals surface area (Å²) in [5.74, 6) is -1.26. The van der Waals surface area contributed by atoms with Gasteiger partial charge in [-0.15, -0.1) is 0 Å². The number of aryl methyl sites for hydroxylation is 1. The first-order chi connectivity index (χ1) is 9.47. The number of hydrogen-bond donors (Lipinski definition) is 3. The number of urea groups is 1. The summed E-state index contributed by atoms with van der Waals surface area (Å²) in [6.07, 6.45) is 1.71. The predicted octanol–water partition coefficient (Wildman–Crippen LogP) is 2.51. The summed E-state index contributed by atoms with van der Waals surface area (Å²) < 4.78 is 13.6. The highest BCUT2D eigenvalue weighted by Gasteiger charge is 2.33. The van der Waals surface area contributed by atoms with E-state index in [1.165, 1.54) is 6.07 Å². The van der Waals surface area contributed by atoms with Crippen molar-refractivity contribution in [2.24, 2.45) is 5.92 Å². The van der Waals surface area contributed by atoms with Crippen LogP contribution in [0, 0.1) is 18.7 Å². The Kier molecular flexibility index (Phi) is 4.22. The molecule has 1 unspecified atom stereocenters. The summed E-state index contributed by atoms with van der Waals surface area (Å²) in [5.41, 5.74) is 0.733. The third kappa shape index (κ3) is 3.69. The molecule has 1 saturated carbocycles. The molecule has 1 aromatic carbocycles. The van der Waals surface area contributed by atoms with Crippen molar-refractivity contribution in [3.05, 3.63) is 29.6 Å². The largest absolute Gasteiger partial charge is 0.481 e. The number of amides is 2. The summed E-state index contributed by atoms with van der Waals surface area (Å²) >= 11 is 0. The van der Waals surface area contributed by atoms with Crippen LogP contribution in [-0.2, 0) is 4.79 Å². The molecule has 0 heterocycles. The van der Waals surface area contributed by atoms with Crippen LogP contribution < -0.4 is 10.6 Å². The molecule has 6 heteroatoms. The van der Waals surface area contributed by atoms with Crippen molar-refractivity contribution >= 4 is 17.7 Å². The number of carboxylic acid groups (broad SMARTS) is 1. The lowest BCUT2D eigenvalue weighted by Crippen LogP contribution is -2.40. The molecule has 108 valence electrons. The van der Waals surface area contributed by atoms with Crippen molar-refractivity contribution in [1.82, 2.24) is 5.32 Å². The molecule has 3 N–H and O–H groups in total. The fourth-order valence-electron chi connectivity index (χ4n) is 2.13. The van der Waals surface area contributed by atoms with Crippen LogP contribution in [0.15, 0.2) is 18.2 Å². The summed E-state index contributed by atoms with van der Waals surface area (Å²) in [4.78, 5) is 22.6. The number of carbonyl (C=O) groups is 2. The van der Waals surface area contributed by atoms with Crippen LogP contribution in [0.5, 0.6) is 0 Å². The fourth-order valence-corrected chi connectivity index (χ4v) is 2.13. The maximum Gasteiger partial charge on any atom is 0.319 e. The molecule has 1 aliphatic rings. The second kappa shape index (κ2) is 5.90. The van der Waals surface area contributed by atoms with Gasteiger partial charge in [0.15, 0.2) is 0 Å². The van der Waals surface area contributed by atoms with E-state index in [1.54, 1.807) is 19.1 Å². The minimum atomic E-state index is -0.954. The lowest BCUT2D eigenvalue weighted by Gasteiger charge is -2.17. The van der Waals surface area contributed by atoms with Crippen molar-refractivity contribution in [3.8, 4) is 0 Å². The highest BCUT2D eigenvalue weighted by molar-refractivity contribution is 5.90. The summed E-state index contributed by atoms with van der Waals surface area (Å²) in [6, 6.07) is 3.54. The van der Waals surface area contributed by atoms with E-state index >= 15 is 0 Å². The fraction of sp³-hybridized carbons (Fsp3) is 0.429. The molecule has 2 amide bonds. The average Bonchev–Trinajstić information content (AvgIpc) is 3.17. The molecule has 0 spiro atoms. The number of anilines is 1. The number of halogens is 1. The SMILES string of the molecule is Cc1cccc(F)c1NC(=O)NC(CC(=O)O)C1CC1. The minimum Gasteiger partial charge on any atom is -0.481 e. The van der Waals surface area contributed by atoms with Gasteiger partial charge in [-0.25, -0.2) is 9.18 Å². The van der Waals surface area contributed by atoms with E-state index in [1.807, 2.05) is 0 Å². The van der Waals surface area contributed by atoms with E-state index in [-0.39, 0.29) is 18.0 Å². The molecule has 0 aromatic heterocycles. The van der Waals surface area contributed by atoms with Gasteiger partial charge < -0.3 is 15.7 Å². The van der Waals surface area contributed by atoms with Gasteiger partial charge in [0.25, 0.3) is 0 Å². The average molecular weight is 280 g/mol. The molecule has 0 saturated heterocycles. The van der Waals surface area contributed by atoms with E-state index in [2.05, 4.69) is 10.6 Å². The standard InChI is InChI=1S/C14H17FN2O3/c1-8-3-2-4-10(15)13(8)17-14(20)16-11(7-12(18)19)9-5-6-9/h2-4,9,11H,5-7H2,1H3,(H,18,19)(H2,16,17,20). The zero-order chi connectivity index (χ0) is 14.7. The monoisotopic (exact) mass is 280 g/mol. The topological polar surface area (TPSA) is 78.4 Å². The molecule has 2 rings (SSSR count). The van der Waals surface area contributed by atoms with Crippen LogP contribution in [0.2, 0.25) is 0 Å². The Balaban J connectivity index is 1.99. The molecule has 1 aliphatic carbocycles. The molecule has 0 aliphatic heterocycles. The zero-order valence-corrected chi connectivity index (χ0v) is 11.1. The van der Waals surface area contributed by atoms with E-state index in [0.29, 0.717) is 5.56 Å². The van der Waals surface area contributed by atoms with Crippen LogP contribution in [0.3, 0.4) is 0 Å². The normalized spacial score (nSPS) is 15.5. The molecule has 1 aromatic rings. The van der Waals surface area contributed by atoms with Crippen LogP contribution in [0.4, 0.5) is 14.9 Å². The molecular formula is C14H17FN2O3. The van der Waals surface area contributed by atoms with Gasteiger partial charge in [0.05, 0.1) is 12.1 Å². The van der Waals surface area contributed by atoms with Gasteiger partial charge in [0, 0.05) is 6.04 Å². The van der Waals surface area contributed by atoms with E-state index in [4.69, 9.17) is 5.11 Å². The summed E-state index contributed by atoms with van der Waals surface area (Å²) in [7, 11) is 0. The molecule has 0 bridgehead atoms. The summed E-state index contributed by atoms with van der Waals surface area (Å²) in [5, 5.41) is 13.9. The Hall–Kier alpha value is -2.11. The number of nitrogens with one attached hydrogen (secondary N) is 2. The Morgan fingerprint density at radius 1 is 1.45 bits per heavy atom. The van der Waals surface area contributed by atoms with Gasteiger partial charge in [-0.1, -0.05) is 12.1 Å². The number of hydrogen-bond acceptors (Lipinski definition) is 2. The number of carbonyl (C=O) groups excluding carboxylic acids is 1. The Labute approximate surface area is 116 Å². The van der Waals surface area contributed by atoms with E-state index in [0.717, 1.165) is 12.8 Å². The molecule has 0 radical (unpaired) electrons. The summed E-state index contributed by atoms with van der Waals surface area (Å²) in [6.45, 7) is 1.69. The van der Waals surface area contributed by atoms with Gasteiger partial charge in [-0.2, -0.15) is 0 Å². The number of carboxylic acids is 1. The van der Waals surface area contributed by atoms with Crippen LogP contribution >= 0.6 is 0 Å². The Bertz CT molecular complexity index is 509. The van der Waals surface area contributed by atoms with Crippen molar-refractivity contribution in [2.45, 2.75) is 32.2 Å². The predicted molar refractivity (Wildman–Crippen MR) is 72.1 cm³/mol. The first-order valence-corrected chi connectivity index (χ1v) is 6.52. The van der Waals surface area contributed by atoms with Crippen molar-refractivity contribution in [2.75, 3.05) is 5.32 Å². The molecule has 1 atom stereocenters. The Morgan fingerprint density at radius 2 is 2.15 bits per heavy atom. The quantitative estimate of drug-likeness (QED) is 0.775. The van der Waals surface area contributed by atoms with Gasteiger partial charge >= 0.3 is 12.0 Å². The third-order valence-electron chi connectivity index (χ3n) is 3.36. The maximum atomic E-state index is 13.6. The third-order valence-corrected chi connectivity index (χ3v) is 3.36. The van der Waals surface area contributed by atoms with Gasteiger partial charge in [-0.05, 0) is 37.3 Å². The van der Waals surface area contributed by atoms with E-state index in [9.17, 15) is 14.0 Å². The Morgan fingerprint density at radius 3 is 2.70 bits per heavy atom. The smallest absolute Gasteiger partial charge is 0.319 e. The van der Waals surface area contributed by atoms with Gasteiger partial charge in [0.1, 0.15) is 5.82 Å². The molecule has 20 heavy (non-hydrogen) atoms. The first kappa shape index (κ1) is 14.3. The van der Waals surface area contributed by atoms with Crippen LogP contribution in [-0.4, -0.2) is 23.1 Å². The van der Waals surface area contributed by atoms with Gasteiger partial charge in [0.2, 0.25) is 0 Å². The molecule has 5 nitrogen and oxygen atoms in total. The second-order valence-electron chi connectivity index (χ2n) is 5.07. The molecular weight excluding hydrogens is 263 g/mol. The lowest BCUT2D eigenvalue weighted by molar-refractivity contribution is -0.137. The zero-order valence-electron chi connectivity index (χ0n) is 11.1. The van der Waals surface area contributed by atoms with Gasteiger partial charge in [-0.3, -0.25) is 4.79 Å². The van der Waals surface area contributed by atoms with Crippen LogP contribution in [0.25, 0.3) is 0 Å². The number of para-hydroxylation sites is 1. The number of rotatable bonds is 5. The van der Waals surface area contributed by atoms with Crippen molar-refractivity contribution in [1.29, 1.82) is 0 Å². The van der Waals surface area contributed by atoms with Crippen molar-refractivity contribution in [3.63, 3.8) is 0 Å². The van der Waals surface area contributed by atoms with Crippen molar-refractivity contribution < 1.29 is 19.1 Å². The highest BCUT2D eigenvalue weighted by atomic mass is 19.1. The second-order valence-corrected chi connectivity index (χ2v) is 5.07. The minimum absolute atomic E-state index is 0.117. The number of benzene rings is 1. The maximum absolute atomic E-state index is 13.6. The highest BCUT2D eigenvalue weighted by Crippen LogP contribution is 2.34. The number of aliphatic carboxylic acids is 1. The van der Waals surface area contributed by atoms with E-state index < -0.39 is 23.9 Å². The van der Waals surface area contributed by atoms with Crippen LogP contribution in [0.1, 0.15) is 24.8 Å². The molecule has 1 fully saturated rings. The first-order valence-electron chi connectivity index (χ1n) is 6.52. The lowest BCUT2D eigenvalue weighted by atomic mass is 10.1.